The van der Waals surface area contributed by atoms with Crippen LogP contribution in [-0.2, 0) is 16.6 Å². The molecule has 0 atom stereocenters. The molecule has 0 spiro atoms. The molecule has 4 rings (SSSR count). The van der Waals surface area contributed by atoms with Crippen LogP contribution in [0.1, 0.15) is 36.0 Å². The van der Waals surface area contributed by atoms with Gasteiger partial charge < -0.3 is 9.88 Å². The van der Waals surface area contributed by atoms with Crippen LogP contribution in [0.5, 0.6) is 0 Å². The topological polar surface area (TPSA) is 84.3 Å². The molecule has 1 N–H and O–H groups in total. The van der Waals surface area contributed by atoms with E-state index in [2.05, 4.69) is 14.9 Å². The van der Waals surface area contributed by atoms with Gasteiger partial charge in [0.25, 0.3) is 5.91 Å². The van der Waals surface area contributed by atoms with E-state index >= 15 is 0 Å². The van der Waals surface area contributed by atoms with E-state index in [1.165, 1.54) is 16.4 Å². The quantitative estimate of drug-likeness (QED) is 0.589. The molecule has 0 bridgehead atoms. The molecule has 158 valence electrons. The largest absolute Gasteiger partial charge is 0.352 e. The Labute approximate surface area is 176 Å². The predicted octanol–water partition coefficient (Wildman–Crippen LogP) is 3.03. The first kappa shape index (κ1) is 20.6. The number of amides is 1. The van der Waals surface area contributed by atoms with Gasteiger partial charge >= 0.3 is 0 Å². The molecule has 30 heavy (non-hydrogen) atoms. The fourth-order valence-electron chi connectivity index (χ4n) is 3.79. The lowest BCUT2D eigenvalue weighted by atomic mass is 10.2. The summed E-state index contributed by atoms with van der Waals surface area (Å²) >= 11 is 0. The molecule has 2 aromatic heterocycles. The SMILES string of the molecule is O=C(NCCCn1ccc2cccnc21)c1ccc(S(=O)(=O)N2CCCCC2)cc1. The van der Waals surface area contributed by atoms with Crippen LogP contribution >= 0.6 is 0 Å². The van der Waals surface area contributed by atoms with Crippen molar-refractivity contribution < 1.29 is 13.2 Å². The van der Waals surface area contributed by atoms with Gasteiger partial charge in [0, 0.05) is 49.5 Å². The zero-order chi connectivity index (χ0) is 21.0. The van der Waals surface area contributed by atoms with Gasteiger partial charge in [-0.3, -0.25) is 4.79 Å². The van der Waals surface area contributed by atoms with Crippen LogP contribution in [0, 0.1) is 0 Å². The van der Waals surface area contributed by atoms with Crippen molar-refractivity contribution in [1.29, 1.82) is 0 Å². The minimum Gasteiger partial charge on any atom is -0.352 e. The van der Waals surface area contributed by atoms with Crippen molar-refractivity contribution in [2.24, 2.45) is 0 Å². The zero-order valence-corrected chi connectivity index (χ0v) is 17.6. The number of sulfonamides is 1. The predicted molar refractivity (Wildman–Crippen MR) is 116 cm³/mol. The molecule has 8 heteroatoms. The van der Waals surface area contributed by atoms with Gasteiger partial charge in [-0.1, -0.05) is 6.42 Å². The highest BCUT2D eigenvalue weighted by atomic mass is 32.2. The second kappa shape index (κ2) is 8.97. The molecular weight excluding hydrogens is 400 g/mol. The van der Waals surface area contributed by atoms with E-state index in [1.807, 2.05) is 24.4 Å². The Morgan fingerprint density at radius 1 is 1.03 bits per heavy atom. The summed E-state index contributed by atoms with van der Waals surface area (Å²) in [5.41, 5.74) is 1.40. The molecule has 1 amide bonds. The number of nitrogens with one attached hydrogen (secondary N) is 1. The number of aryl methyl sites for hydroxylation is 1. The van der Waals surface area contributed by atoms with Crippen molar-refractivity contribution in [2.75, 3.05) is 19.6 Å². The number of hydrogen-bond acceptors (Lipinski definition) is 4. The number of carbonyl (C=O) groups is 1. The molecule has 1 aliphatic rings. The van der Waals surface area contributed by atoms with E-state index < -0.39 is 10.0 Å². The highest BCUT2D eigenvalue weighted by Crippen LogP contribution is 2.21. The highest BCUT2D eigenvalue weighted by molar-refractivity contribution is 7.89. The molecule has 1 fully saturated rings. The summed E-state index contributed by atoms with van der Waals surface area (Å²) in [5, 5.41) is 4.00. The van der Waals surface area contributed by atoms with Gasteiger partial charge in [0.05, 0.1) is 4.90 Å². The Hall–Kier alpha value is -2.71. The van der Waals surface area contributed by atoms with Crippen molar-refractivity contribution >= 4 is 27.0 Å². The number of fused-ring (bicyclic) bond motifs is 1. The molecule has 1 saturated heterocycles. The molecule has 0 radical (unpaired) electrons. The van der Waals surface area contributed by atoms with Gasteiger partial charge in [-0.25, -0.2) is 13.4 Å². The smallest absolute Gasteiger partial charge is 0.251 e. The van der Waals surface area contributed by atoms with Crippen LogP contribution in [0.4, 0.5) is 0 Å². The number of aromatic nitrogens is 2. The summed E-state index contributed by atoms with van der Waals surface area (Å²) in [6.45, 7) is 2.42. The molecular formula is C22H26N4O3S. The van der Waals surface area contributed by atoms with E-state index in [9.17, 15) is 13.2 Å². The lowest BCUT2D eigenvalue weighted by molar-refractivity contribution is 0.0952. The van der Waals surface area contributed by atoms with E-state index in [0.29, 0.717) is 25.2 Å². The number of rotatable bonds is 7. The standard InChI is InChI=1S/C22H26N4O3S/c27-22(24-13-5-14-25-17-11-18-6-4-12-23-21(18)25)19-7-9-20(10-8-19)30(28,29)26-15-2-1-3-16-26/h4,6-12,17H,1-3,5,13-16H2,(H,24,27). The Kier molecular flexibility index (Phi) is 6.15. The van der Waals surface area contributed by atoms with Crippen LogP contribution < -0.4 is 5.32 Å². The third-order valence-corrected chi connectivity index (χ3v) is 7.37. The van der Waals surface area contributed by atoms with Crippen molar-refractivity contribution in [1.82, 2.24) is 19.2 Å². The molecule has 0 saturated carbocycles. The average Bonchev–Trinajstić information content (AvgIpc) is 3.20. The van der Waals surface area contributed by atoms with E-state index in [-0.39, 0.29) is 10.8 Å². The molecule has 0 unspecified atom stereocenters. The Morgan fingerprint density at radius 3 is 2.57 bits per heavy atom. The number of nitrogens with zero attached hydrogens (tertiary/aromatic N) is 3. The van der Waals surface area contributed by atoms with Crippen LogP contribution in [0.25, 0.3) is 11.0 Å². The molecule has 3 heterocycles. The molecule has 3 aromatic rings. The van der Waals surface area contributed by atoms with Gasteiger partial charge in [-0.15, -0.1) is 0 Å². The minimum atomic E-state index is -3.48. The number of benzene rings is 1. The monoisotopic (exact) mass is 426 g/mol. The number of carbonyl (C=O) groups excluding carboxylic acids is 1. The van der Waals surface area contributed by atoms with Crippen LogP contribution in [-0.4, -0.2) is 47.8 Å². The summed E-state index contributed by atoms with van der Waals surface area (Å²) < 4.78 is 29.0. The van der Waals surface area contributed by atoms with E-state index in [1.54, 1.807) is 18.3 Å². The number of pyridine rings is 1. The van der Waals surface area contributed by atoms with Crippen molar-refractivity contribution in [2.45, 2.75) is 37.1 Å². The fraction of sp³-hybridized carbons (Fsp3) is 0.364. The lowest BCUT2D eigenvalue weighted by Gasteiger charge is -2.25. The molecule has 1 aliphatic heterocycles. The molecule has 0 aliphatic carbocycles. The normalized spacial score (nSPS) is 15.3. The summed E-state index contributed by atoms with van der Waals surface area (Å²) in [6, 6.07) is 12.2. The first-order chi connectivity index (χ1) is 14.6. The summed E-state index contributed by atoms with van der Waals surface area (Å²) in [7, 11) is -3.48. The van der Waals surface area contributed by atoms with Crippen LogP contribution in [0.2, 0.25) is 0 Å². The maximum absolute atomic E-state index is 12.7. The second-order valence-electron chi connectivity index (χ2n) is 7.52. The van der Waals surface area contributed by atoms with E-state index in [4.69, 9.17) is 0 Å². The third-order valence-electron chi connectivity index (χ3n) is 5.45. The summed E-state index contributed by atoms with van der Waals surface area (Å²) in [5.74, 6) is -0.201. The maximum atomic E-state index is 12.7. The van der Waals surface area contributed by atoms with E-state index in [0.717, 1.165) is 43.3 Å². The van der Waals surface area contributed by atoms with Gasteiger partial charge in [0.2, 0.25) is 10.0 Å². The maximum Gasteiger partial charge on any atom is 0.251 e. The fourth-order valence-corrected chi connectivity index (χ4v) is 5.30. The number of piperidine rings is 1. The van der Waals surface area contributed by atoms with Crippen LogP contribution in [0.3, 0.4) is 0 Å². The summed E-state index contributed by atoms with van der Waals surface area (Å²) in [6.07, 6.45) is 7.41. The Bertz CT molecular complexity index is 1120. The zero-order valence-electron chi connectivity index (χ0n) is 16.8. The van der Waals surface area contributed by atoms with Crippen molar-refractivity contribution in [3.8, 4) is 0 Å². The van der Waals surface area contributed by atoms with Crippen molar-refractivity contribution in [3.63, 3.8) is 0 Å². The van der Waals surface area contributed by atoms with Gasteiger partial charge in [-0.05, 0) is 61.7 Å². The second-order valence-corrected chi connectivity index (χ2v) is 9.46. The van der Waals surface area contributed by atoms with Crippen molar-refractivity contribution in [3.05, 3.63) is 60.4 Å². The molecule has 1 aromatic carbocycles. The summed E-state index contributed by atoms with van der Waals surface area (Å²) in [4.78, 5) is 17.0. The highest BCUT2D eigenvalue weighted by Gasteiger charge is 2.25. The Balaban J connectivity index is 1.30. The number of hydrogen-bond donors (Lipinski definition) is 1. The first-order valence-corrected chi connectivity index (χ1v) is 11.8. The van der Waals surface area contributed by atoms with Gasteiger partial charge in [-0.2, -0.15) is 4.31 Å². The average molecular weight is 427 g/mol. The van der Waals surface area contributed by atoms with Crippen LogP contribution in [0.15, 0.2) is 59.8 Å². The molecule has 7 nitrogen and oxygen atoms in total. The lowest BCUT2D eigenvalue weighted by Crippen LogP contribution is -2.35. The Morgan fingerprint density at radius 2 is 1.80 bits per heavy atom. The van der Waals surface area contributed by atoms with Gasteiger partial charge in [0.1, 0.15) is 5.65 Å². The van der Waals surface area contributed by atoms with Gasteiger partial charge in [0.15, 0.2) is 0 Å². The third kappa shape index (κ3) is 4.39. The first-order valence-electron chi connectivity index (χ1n) is 10.3. The minimum absolute atomic E-state index is 0.201.